The summed E-state index contributed by atoms with van der Waals surface area (Å²) in [7, 11) is -3.78. The molecule has 1 N–H and O–H groups in total. The van der Waals surface area contributed by atoms with Gasteiger partial charge >= 0.3 is 5.97 Å². The highest BCUT2D eigenvalue weighted by Crippen LogP contribution is 2.27. The van der Waals surface area contributed by atoms with Gasteiger partial charge in [0, 0.05) is 12.1 Å². The van der Waals surface area contributed by atoms with Crippen molar-refractivity contribution in [3.8, 4) is 0 Å². The van der Waals surface area contributed by atoms with E-state index in [0.717, 1.165) is 13.0 Å². The Balaban J connectivity index is 1.65. The van der Waals surface area contributed by atoms with Crippen molar-refractivity contribution in [3.63, 3.8) is 0 Å². The number of benzene rings is 1. The van der Waals surface area contributed by atoms with Crippen LogP contribution in [0.1, 0.15) is 46.5 Å². The molecule has 1 aromatic carbocycles. The predicted octanol–water partition coefficient (Wildman–Crippen LogP) is 1.07. The molecule has 0 aliphatic carbocycles. The van der Waals surface area contributed by atoms with Crippen LogP contribution in [0.4, 0.5) is 0 Å². The molecular formula is C15H16N4O4S. The molecule has 0 spiro atoms. The fourth-order valence-corrected chi connectivity index (χ4v) is 4.35. The molecular weight excluding hydrogens is 332 g/mol. The molecule has 0 saturated heterocycles. The summed E-state index contributed by atoms with van der Waals surface area (Å²) in [6.45, 7) is 2.70. The summed E-state index contributed by atoms with van der Waals surface area (Å²) in [6, 6.07) is 4.04. The minimum atomic E-state index is -3.78. The van der Waals surface area contributed by atoms with Crippen molar-refractivity contribution < 1.29 is 17.9 Å². The number of carbonyl (C=O) groups excluding carboxylic acids is 1. The first kappa shape index (κ1) is 15.3. The van der Waals surface area contributed by atoms with E-state index in [0.29, 0.717) is 29.2 Å². The fraction of sp³-hybridized carbons (Fsp3) is 0.400. The van der Waals surface area contributed by atoms with E-state index in [9.17, 15) is 13.2 Å². The summed E-state index contributed by atoms with van der Waals surface area (Å²) >= 11 is 0. The zero-order valence-electron chi connectivity index (χ0n) is 13.0. The summed E-state index contributed by atoms with van der Waals surface area (Å²) in [6.07, 6.45) is 1.48. The molecule has 4 rings (SSSR count). The molecule has 1 atom stereocenters. The number of ether oxygens (including phenoxy) is 1. The van der Waals surface area contributed by atoms with E-state index in [1.807, 2.05) is 0 Å². The van der Waals surface area contributed by atoms with Gasteiger partial charge < -0.3 is 4.74 Å². The zero-order chi connectivity index (χ0) is 16.9. The average Bonchev–Trinajstić information content (AvgIpc) is 3.10. The van der Waals surface area contributed by atoms with Gasteiger partial charge in [-0.05, 0) is 31.9 Å². The first-order chi connectivity index (χ1) is 11.4. The van der Waals surface area contributed by atoms with Gasteiger partial charge in [0.15, 0.2) is 0 Å². The highest BCUT2D eigenvalue weighted by Gasteiger charge is 2.30. The SMILES string of the molecule is Cc1nc2n(n1)CCC[C@@H]2NS(=O)(=O)c1ccc2c(c1)C(=O)OC2. The summed E-state index contributed by atoms with van der Waals surface area (Å²) in [5, 5.41) is 4.27. The normalized spacial score (nSPS) is 19.7. The Morgan fingerprint density at radius 3 is 3.04 bits per heavy atom. The van der Waals surface area contributed by atoms with E-state index in [2.05, 4.69) is 14.8 Å². The highest BCUT2D eigenvalue weighted by atomic mass is 32.2. The maximum absolute atomic E-state index is 12.7. The summed E-state index contributed by atoms with van der Waals surface area (Å²) < 4.78 is 34.7. The van der Waals surface area contributed by atoms with Gasteiger partial charge in [-0.1, -0.05) is 6.07 Å². The van der Waals surface area contributed by atoms with Gasteiger partial charge in [0.25, 0.3) is 0 Å². The number of esters is 1. The number of nitrogens with zero attached hydrogens (tertiary/aromatic N) is 3. The van der Waals surface area contributed by atoms with E-state index < -0.39 is 22.0 Å². The zero-order valence-corrected chi connectivity index (χ0v) is 13.8. The lowest BCUT2D eigenvalue weighted by atomic mass is 10.1. The molecule has 0 amide bonds. The molecule has 9 heteroatoms. The van der Waals surface area contributed by atoms with E-state index in [4.69, 9.17) is 4.74 Å². The number of aromatic nitrogens is 3. The standard InChI is InChI=1S/C15H16N4O4S/c1-9-16-14-13(3-2-6-19(14)17-9)18-24(21,22)11-5-4-10-8-23-15(20)12(10)7-11/h4-5,7,13,18H,2-3,6,8H2,1H3/t13-/m0/s1. The Hall–Kier alpha value is -2.26. The summed E-state index contributed by atoms with van der Waals surface area (Å²) in [5.41, 5.74) is 1.01. The maximum atomic E-state index is 12.7. The van der Waals surface area contributed by atoms with Gasteiger partial charge in [-0.2, -0.15) is 5.10 Å². The lowest BCUT2D eigenvalue weighted by Gasteiger charge is -2.23. The topological polar surface area (TPSA) is 103 Å². The first-order valence-corrected chi connectivity index (χ1v) is 9.16. The van der Waals surface area contributed by atoms with Crippen LogP contribution < -0.4 is 4.72 Å². The number of carbonyl (C=O) groups is 1. The number of hydrogen-bond donors (Lipinski definition) is 1. The lowest BCUT2D eigenvalue weighted by molar-refractivity contribution is 0.0535. The minimum Gasteiger partial charge on any atom is -0.457 e. The highest BCUT2D eigenvalue weighted by molar-refractivity contribution is 7.89. The van der Waals surface area contributed by atoms with E-state index in [1.165, 1.54) is 12.1 Å². The molecule has 2 aromatic rings. The molecule has 24 heavy (non-hydrogen) atoms. The van der Waals surface area contributed by atoms with Crippen LogP contribution in [0, 0.1) is 6.92 Å². The molecule has 0 bridgehead atoms. The van der Waals surface area contributed by atoms with Crippen LogP contribution in [-0.2, 0) is 27.9 Å². The number of sulfonamides is 1. The summed E-state index contributed by atoms with van der Waals surface area (Å²) in [5.74, 6) is 0.759. The van der Waals surface area contributed by atoms with E-state index in [1.54, 1.807) is 17.7 Å². The summed E-state index contributed by atoms with van der Waals surface area (Å²) in [4.78, 5) is 16.0. The average molecular weight is 348 g/mol. The number of rotatable bonds is 3. The van der Waals surface area contributed by atoms with Gasteiger partial charge in [0.1, 0.15) is 18.3 Å². The molecule has 8 nitrogen and oxygen atoms in total. The van der Waals surface area contributed by atoms with Crippen LogP contribution in [0.3, 0.4) is 0 Å². The third kappa shape index (κ3) is 2.49. The number of cyclic esters (lactones) is 1. The van der Waals surface area contributed by atoms with Crippen molar-refractivity contribution in [2.75, 3.05) is 0 Å². The third-order valence-corrected chi connectivity index (χ3v) is 5.72. The van der Waals surface area contributed by atoms with Crippen LogP contribution in [0.15, 0.2) is 23.1 Å². The van der Waals surface area contributed by atoms with E-state index >= 15 is 0 Å². The van der Waals surface area contributed by atoms with Crippen LogP contribution >= 0.6 is 0 Å². The Morgan fingerprint density at radius 2 is 2.21 bits per heavy atom. The lowest BCUT2D eigenvalue weighted by Crippen LogP contribution is -2.33. The Bertz CT molecular complexity index is 935. The van der Waals surface area contributed by atoms with Crippen molar-refractivity contribution in [1.29, 1.82) is 0 Å². The quantitative estimate of drug-likeness (QED) is 0.832. The Kier molecular flexibility index (Phi) is 3.43. The first-order valence-electron chi connectivity index (χ1n) is 7.68. The smallest absolute Gasteiger partial charge is 0.338 e. The third-order valence-electron chi connectivity index (χ3n) is 4.25. The molecule has 0 radical (unpaired) electrons. The van der Waals surface area contributed by atoms with Gasteiger partial charge in [-0.3, -0.25) is 0 Å². The van der Waals surface area contributed by atoms with Gasteiger partial charge in [0.05, 0.1) is 16.5 Å². The second-order valence-corrected chi connectivity index (χ2v) is 7.67. The minimum absolute atomic E-state index is 0.0495. The number of hydrogen-bond acceptors (Lipinski definition) is 6. The van der Waals surface area contributed by atoms with Crippen LogP contribution in [0.2, 0.25) is 0 Å². The monoisotopic (exact) mass is 348 g/mol. The molecule has 3 heterocycles. The number of fused-ring (bicyclic) bond motifs is 2. The Morgan fingerprint density at radius 1 is 1.38 bits per heavy atom. The Labute approximate surface area is 138 Å². The fourth-order valence-electron chi connectivity index (χ4n) is 3.10. The van der Waals surface area contributed by atoms with Gasteiger partial charge in [-0.15, -0.1) is 0 Å². The molecule has 2 aliphatic heterocycles. The van der Waals surface area contributed by atoms with Crippen molar-refractivity contribution in [1.82, 2.24) is 19.5 Å². The molecule has 0 saturated carbocycles. The number of aryl methyl sites for hydroxylation is 2. The van der Waals surface area contributed by atoms with Crippen LogP contribution in [-0.4, -0.2) is 29.2 Å². The molecule has 0 unspecified atom stereocenters. The van der Waals surface area contributed by atoms with Gasteiger partial charge in [0.2, 0.25) is 10.0 Å². The largest absolute Gasteiger partial charge is 0.457 e. The van der Waals surface area contributed by atoms with Crippen molar-refractivity contribution in [2.24, 2.45) is 0 Å². The number of nitrogens with one attached hydrogen (secondary N) is 1. The second kappa shape index (κ2) is 5.38. The van der Waals surface area contributed by atoms with Crippen molar-refractivity contribution >= 4 is 16.0 Å². The molecule has 0 fully saturated rings. The van der Waals surface area contributed by atoms with E-state index in [-0.39, 0.29) is 11.5 Å². The van der Waals surface area contributed by atoms with Crippen molar-refractivity contribution in [2.45, 2.75) is 43.9 Å². The molecule has 2 aliphatic rings. The van der Waals surface area contributed by atoms with Crippen LogP contribution in [0.5, 0.6) is 0 Å². The molecule has 126 valence electrons. The van der Waals surface area contributed by atoms with Gasteiger partial charge in [-0.25, -0.2) is 27.6 Å². The van der Waals surface area contributed by atoms with Crippen LogP contribution in [0.25, 0.3) is 0 Å². The van der Waals surface area contributed by atoms with Crippen molar-refractivity contribution in [3.05, 3.63) is 41.0 Å². The predicted molar refractivity (Wildman–Crippen MR) is 82.6 cm³/mol. The molecule has 1 aromatic heterocycles. The maximum Gasteiger partial charge on any atom is 0.338 e. The second-order valence-electron chi connectivity index (χ2n) is 5.95.